The van der Waals surface area contributed by atoms with Crippen LogP contribution in [0.15, 0.2) is 97.3 Å². The topological polar surface area (TPSA) is 55.2 Å². The molecule has 39 heavy (non-hydrogen) atoms. The Balaban J connectivity index is 1.47. The second-order valence-corrected chi connectivity index (χ2v) is 10.2. The number of hydrogen-bond donors (Lipinski definition) is 0. The third-order valence-electron chi connectivity index (χ3n) is 7.68. The lowest BCUT2D eigenvalue weighted by Crippen LogP contribution is -2.31. The fourth-order valence-corrected chi connectivity index (χ4v) is 6.14. The van der Waals surface area contributed by atoms with Crippen molar-refractivity contribution in [1.82, 2.24) is 9.55 Å². The number of fused-ring (bicyclic) bond motifs is 4. The Bertz CT molecular complexity index is 1960. The summed E-state index contributed by atoms with van der Waals surface area (Å²) >= 11 is 0. The molecule has 7 rings (SSSR count). The summed E-state index contributed by atoms with van der Waals surface area (Å²) in [6, 6.07) is 28.2. The van der Waals surface area contributed by atoms with Gasteiger partial charge in [-0.05, 0) is 85.5 Å². The quantitative estimate of drug-likeness (QED) is 0.232. The van der Waals surface area contributed by atoms with Gasteiger partial charge in [0.15, 0.2) is 0 Å². The van der Waals surface area contributed by atoms with Gasteiger partial charge >= 0.3 is 0 Å². The highest BCUT2D eigenvalue weighted by Crippen LogP contribution is 2.40. The molecule has 2 amide bonds. The second-order valence-electron chi connectivity index (χ2n) is 10.2. The number of nitrogens with zero attached hydrogens (tertiary/aromatic N) is 3. The summed E-state index contributed by atoms with van der Waals surface area (Å²) in [6.45, 7) is 5.92. The minimum Gasteiger partial charge on any atom is -0.308 e. The van der Waals surface area contributed by atoms with Crippen LogP contribution in [0.2, 0.25) is 0 Å². The van der Waals surface area contributed by atoms with Crippen LogP contribution in [0.25, 0.3) is 38.6 Å². The molecule has 188 valence electrons. The fraction of sp³-hybridized carbons (Fsp3) is 0.0882. The number of carbonyl (C=O) groups is 2. The van der Waals surface area contributed by atoms with Gasteiger partial charge in [0.1, 0.15) is 0 Å². The van der Waals surface area contributed by atoms with Crippen LogP contribution in [0.3, 0.4) is 0 Å². The van der Waals surface area contributed by atoms with E-state index in [0.29, 0.717) is 22.5 Å². The molecule has 0 spiro atoms. The van der Waals surface area contributed by atoms with Crippen LogP contribution in [0.4, 0.5) is 5.69 Å². The summed E-state index contributed by atoms with van der Waals surface area (Å²) in [5.74, 6) is -0.576. The van der Waals surface area contributed by atoms with E-state index in [0.717, 1.165) is 49.6 Å². The number of hydrogen-bond acceptors (Lipinski definition) is 3. The highest BCUT2D eigenvalue weighted by Gasteiger charge is 2.40. The van der Waals surface area contributed by atoms with Crippen LogP contribution in [0.1, 0.15) is 37.4 Å². The summed E-state index contributed by atoms with van der Waals surface area (Å²) in [7, 11) is 0. The number of anilines is 1. The van der Waals surface area contributed by atoms with Crippen LogP contribution >= 0.6 is 0 Å². The molecule has 0 bridgehead atoms. The minimum absolute atomic E-state index is 0.285. The van der Waals surface area contributed by atoms with E-state index >= 15 is 0 Å². The molecule has 1 aliphatic rings. The van der Waals surface area contributed by atoms with Gasteiger partial charge in [-0.1, -0.05) is 48.0 Å². The van der Waals surface area contributed by atoms with Crippen molar-refractivity contribution >= 4 is 39.3 Å². The molecule has 0 unspecified atom stereocenters. The number of benzene rings is 4. The van der Waals surface area contributed by atoms with Crippen LogP contribution in [0.5, 0.6) is 0 Å². The Morgan fingerprint density at radius 2 is 1.36 bits per heavy atom. The second kappa shape index (κ2) is 8.50. The molecule has 4 aromatic carbocycles. The summed E-state index contributed by atoms with van der Waals surface area (Å²) in [6.07, 6.45) is 3.59. The molecule has 5 nitrogen and oxygen atoms in total. The molecule has 0 saturated heterocycles. The van der Waals surface area contributed by atoms with Crippen molar-refractivity contribution in [2.24, 2.45) is 0 Å². The van der Waals surface area contributed by atoms with Gasteiger partial charge in [0.2, 0.25) is 0 Å². The first-order valence-electron chi connectivity index (χ1n) is 13.0. The van der Waals surface area contributed by atoms with Gasteiger partial charge < -0.3 is 4.57 Å². The summed E-state index contributed by atoms with van der Waals surface area (Å²) in [5.41, 5.74) is 9.28. The normalized spacial score (nSPS) is 13.1. The predicted octanol–water partition coefficient (Wildman–Crippen LogP) is 7.57. The van der Waals surface area contributed by atoms with Crippen molar-refractivity contribution in [3.63, 3.8) is 0 Å². The van der Waals surface area contributed by atoms with Crippen LogP contribution in [0, 0.1) is 20.8 Å². The number of carbonyl (C=O) groups excluding carboxylic acids is 2. The Morgan fingerprint density at radius 1 is 0.641 bits per heavy atom. The molecule has 1 aliphatic heterocycles. The number of pyridine rings is 1. The Hall–Kier alpha value is -5.03. The lowest BCUT2D eigenvalue weighted by atomic mass is 10.0. The summed E-state index contributed by atoms with van der Waals surface area (Å²) < 4.78 is 2.11. The first kappa shape index (κ1) is 23.1. The molecule has 0 N–H and O–H groups in total. The van der Waals surface area contributed by atoms with E-state index < -0.39 is 0 Å². The van der Waals surface area contributed by atoms with E-state index in [-0.39, 0.29) is 11.8 Å². The molecule has 6 aromatic rings. The number of aromatic nitrogens is 2. The maximum Gasteiger partial charge on any atom is 0.268 e. The number of aryl methyl sites for hydroxylation is 3. The lowest BCUT2D eigenvalue weighted by molar-refractivity contribution is 0.0925. The number of rotatable bonds is 3. The Morgan fingerprint density at radius 3 is 2.13 bits per heavy atom. The van der Waals surface area contributed by atoms with Crippen molar-refractivity contribution in [3.05, 3.63) is 125 Å². The predicted molar refractivity (Wildman–Crippen MR) is 156 cm³/mol. The third kappa shape index (κ3) is 3.36. The van der Waals surface area contributed by atoms with Gasteiger partial charge in [0, 0.05) is 23.2 Å². The van der Waals surface area contributed by atoms with Gasteiger partial charge in [-0.2, -0.15) is 0 Å². The maximum absolute atomic E-state index is 14.1. The average Bonchev–Trinajstić information content (AvgIpc) is 3.40. The van der Waals surface area contributed by atoms with Crippen LogP contribution < -0.4 is 4.90 Å². The molecule has 0 radical (unpaired) electrons. The first-order valence-corrected chi connectivity index (χ1v) is 13.0. The molecule has 0 saturated carbocycles. The van der Waals surface area contributed by atoms with Crippen molar-refractivity contribution < 1.29 is 9.59 Å². The maximum atomic E-state index is 14.1. The van der Waals surface area contributed by atoms with Crippen LogP contribution in [-0.2, 0) is 0 Å². The largest absolute Gasteiger partial charge is 0.308 e. The zero-order chi connectivity index (χ0) is 26.8. The highest BCUT2D eigenvalue weighted by molar-refractivity contribution is 6.36. The number of imide groups is 1. The van der Waals surface area contributed by atoms with Gasteiger partial charge in [-0.3, -0.25) is 14.6 Å². The van der Waals surface area contributed by atoms with E-state index in [1.54, 1.807) is 18.5 Å². The van der Waals surface area contributed by atoms with E-state index in [1.807, 2.05) is 69.3 Å². The molecule has 3 heterocycles. The minimum atomic E-state index is -0.292. The summed E-state index contributed by atoms with van der Waals surface area (Å²) in [4.78, 5) is 33.4. The zero-order valence-corrected chi connectivity index (χ0v) is 21.9. The van der Waals surface area contributed by atoms with Crippen molar-refractivity contribution in [2.45, 2.75) is 20.8 Å². The average molecular weight is 508 g/mol. The highest BCUT2D eigenvalue weighted by atomic mass is 16.2. The van der Waals surface area contributed by atoms with E-state index in [2.05, 4.69) is 39.9 Å². The van der Waals surface area contributed by atoms with Gasteiger partial charge in [-0.15, -0.1) is 0 Å². The van der Waals surface area contributed by atoms with E-state index in [9.17, 15) is 9.59 Å². The number of amides is 2. The SMILES string of the molecule is Cc1cc(C)c(N2C(=O)c3cccc(-n4c5ccccc5c5cc(-c6ccncc6)ccc54)c3C2=O)c(C)c1. The lowest BCUT2D eigenvalue weighted by Gasteiger charge is -2.20. The molecule has 5 heteroatoms. The van der Waals surface area contributed by atoms with E-state index in [4.69, 9.17) is 0 Å². The fourth-order valence-electron chi connectivity index (χ4n) is 6.14. The molecule has 0 fully saturated rings. The van der Waals surface area contributed by atoms with Gasteiger partial charge in [0.25, 0.3) is 11.8 Å². The Kier molecular flexibility index (Phi) is 5.04. The summed E-state index contributed by atoms with van der Waals surface area (Å²) in [5, 5.41) is 2.16. The Labute approximate surface area is 226 Å². The zero-order valence-electron chi connectivity index (χ0n) is 21.9. The van der Waals surface area contributed by atoms with Crippen molar-refractivity contribution in [1.29, 1.82) is 0 Å². The molecule has 0 atom stereocenters. The first-order chi connectivity index (χ1) is 18.9. The van der Waals surface area contributed by atoms with Crippen LogP contribution in [-0.4, -0.2) is 21.4 Å². The van der Waals surface area contributed by atoms with Gasteiger partial charge in [0.05, 0.1) is 33.5 Å². The number of para-hydroxylation sites is 1. The van der Waals surface area contributed by atoms with E-state index in [1.165, 1.54) is 4.90 Å². The molecular formula is C34H25N3O2. The molecule has 0 aliphatic carbocycles. The molecule has 2 aromatic heterocycles. The third-order valence-corrected chi connectivity index (χ3v) is 7.68. The monoisotopic (exact) mass is 507 g/mol. The van der Waals surface area contributed by atoms with Gasteiger partial charge in [-0.25, -0.2) is 4.90 Å². The molecular weight excluding hydrogens is 482 g/mol. The van der Waals surface area contributed by atoms with Crippen molar-refractivity contribution in [3.8, 4) is 16.8 Å². The smallest absolute Gasteiger partial charge is 0.268 e. The van der Waals surface area contributed by atoms with Crippen molar-refractivity contribution in [2.75, 3.05) is 4.90 Å². The standard InChI is InChI=1S/C34H25N3O2/c1-20-17-21(2)32(22(3)18-20)37-33(38)26-8-6-10-30(31(26)34(37)39)36-28-9-5-4-7-25(28)27-19-24(11-12-29(27)36)23-13-15-35-16-14-23/h4-19H,1-3H3.